The van der Waals surface area contributed by atoms with E-state index in [2.05, 4.69) is 0 Å². The minimum Gasteiger partial charge on any atom is -0.292 e. The molecule has 2 rings (SSSR count). The van der Waals surface area contributed by atoms with Crippen LogP contribution in [0.1, 0.15) is 27.4 Å². The van der Waals surface area contributed by atoms with Crippen LogP contribution in [0.4, 0.5) is 0 Å². The third-order valence-electron chi connectivity index (χ3n) is 2.97. The van der Waals surface area contributed by atoms with Crippen molar-refractivity contribution < 1.29 is 4.79 Å². The summed E-state index contributed by atoms with van der Waals surface area (Å²) in [5, 5.41) is 10.0. The van der Waals surface area contributed by atoms with E-state index in [-0.39, 0.29) is 5.78 Å². The highest BCUT2D eigenvalue weighted by Gasteiger charge is 2.22. The molecular weight excluding hydrogens is 293 g/mol. The van der Waals surface area contributed by atoms with Crippen molar-refractivity contribution in [3.05, 3.63) is 69.2 Å². The summed E-state index contributed by atoms with van der Waals surface area (Å²) in [6.07, 6.45) is 0. The zero-order valence-electron chi connectivity index (χ0n) is 10.7. The molecule has 2 aromatic carbocycles. The van der Waals surface area contributed by atoms with Gasteiger partial charge in [0.25, 0.3) is 0 Å². The fourth-order valence-electron chi connectivity index (χ4n) is 1.94. The van der Waals surface area contributed by atoms with Crippen LogP contribution in [0.3, 0.4) is 0 Å². The number of nitrogens with zero attached hydrogens (tertiary/aromatic N) is 1. The van der Waals surface area contributed by atoms with Crippen molar-refractivity contribution in [1.29, 1.82) is 5.26 Å². The molecule has 0 saturated carbocycles. The number of aryl methyl sites for hydroxylation is 1. The first-order chi connectivity index (χ1) is 9.52. The van der Waals surface area contributed by atoms with Crippen molar-refractivity contribution in [2.24, 2.45) is 0 Å². The summed E-state index contributed by atoms with van der Waals surface area (Å²) in [5.41, 5.74) is 2.04. The van der Waals surface area contributed by atoms with E-state index in [1.54, 1.807) is 36.4 Å². The van der Waals surface area contributed by atoms with Crippen LogP contribution < -0.4 is 0 Å². The molecule has 0 radical (unpaired) electrons. The van der Waals surface area contributed by atoms with E-state index in [9.17, 15) is 10.1 Å². The van der Waals surface area contributed by atoms with Crippen LogP contribution in [0, 0.1) is 18.3 Å². The van der Waals surface area contributed by atoms with Gasteiger partial charge in [0.1, 0.15) is 5.92 Å². The predicted molar refractivity (Wildman–Crippen MR) is 80.3 cm³/mol. The lowest BCUT2D eigenvalue weighted by atomic mass is 9.91. The first-order valence-electron chi connectivity index (χ1n) is 5.98. The molecule has 20 heavy (non-hydrogen) atoms. The van der Waals surface area contributed by atoms with Gasteiger partial charge in [0.05, 0.1) is 16.1 Å². The Balaban J connectivity index is 2.40. The fraction of sp³-hybridized carbons (Fsp3) is 0.125. The van der Waals surface area contributed by atoms with E-state index in [1.165, 1.54) is 0 Å². The monoisotopic (exact) mass is 303 g/mol. The zero-order valence-corrected chi connectivity index (χ0v) is 12.2. The van der Waals surface area contributed by atoms with Crippen molar-refractivity contribution in [3.63, 3.8) is 0 Å². The van der Waals surface area contributed by atoms with E-state index in [0.717, 1.165) is 5.56 Å². The summed E-state index contributed by atoms with van der Waals surface area (Å²) in [6, 6.07) is 14.0. The number of ketones is 1. The Hall–Kier alpha value is -1.82. The predicted octanol–water partition coefficient (Wildman–Crippen LogP) is 4.79. The van der Waals surface area contributed by atoms with Gasteiger partial charge in [-0.2, -0.15) is 5.26 Å². The van der Waals surface area contributed by atoms with Gasteiger partial charge in [0, 0.05) is 5.56 Å². The maximum Gasteiger partial charge on any atom is 0.184 e. The largest absolute Gasteiger partial charge is 0.292 e. The Morgan fingerprint density at radius 3 is 2.50 bits per heavy atom. The van der Waals surface area contributed by atoms with Crippen LogP contribution in [-0.2, 0) is 0 Å². The Bertz CT molecular complexity index is 704. The molecule has 4 heteroatoms. The first kappa shape index (κ1) is 14.6. The smallest absolute Gasteiger partial charge is 0.184 e. The van der Waals surface area contributed by atoms with Gasteiger partial charge in [-0.05, 0) is 30.7 Å². The normalized spacial score (nSPS) is 11.7. The van der Waals surface area contributed by atoms with Gasteiger partial charge in [0.15, 0.2) is 5.78 Å². The maximum atomic E-state index is 12.4. The number of hydrogen-bond acceptors (Lipinski definition) is 2. The van der Waals surface area contributed by atoms with Crippen LogP contribution >= 0.6 is 23.2 Å². The number of carbonyl (C=O) groups excluding carboxylic acids is 1. The lowest BCUT2D eigenvalue weighted by Gasteiger charge is -2.10. The molecular formula is C16H11Cl2NO. The zero-order chi connectivity index (χ0) is 14.7. The van der Waals surface area contributed by atoms with Crippen molar-refractivity contribution in [2.45, 2.75) is 12.8 Å². The van der Waals surface area contributed by atoms with E-state index in [4.69, 9.17) is 23.2 Å². The number of benzene rings is 2. The van der Waals surface area contributed by atoms with Crippen molar-refractivity contribution in [1.82, 2.24) is 0 Å². The van der Waals surface area contributed by atoms with Crippen LogP contribution in [0.2, 0.25) is 10.0 Å². The molecule has 0 spiro atoms. The number of hydrogen-bond donors (Lipinski definition) is 0. The molecule has 0 aliphatic carbocycles. The second-order valence-electron chi connectivity index (χ2n) is 4.47. The minimum atomic E-state index is -0.883. The average Bonchev–Trinajstić information content (AvgIpc) is 2.43. The molecule has 0 N–H and O–H groups in total. The summed E-state index contributed by atoms with van der Waals surface area (Å²) in [4.78, 5) is 12.4. The minimum absolute atomic E-state index is 0.241. The lowest BCUT2D eigenvalue weighted by Crippen LogP contribution is -2.11. The number of nitriles is 1. The molecule has 0 aromatic heterocycles. The number of rotatable bonds is 3. The number of Topliss-reactive ketones (excluding diaryl/α,β-unsaturated/α-hetero) is 1. The highest BCUT2D eigenvalue weighted by molar-refractivity contribution is 6.42. The summed E-state index contributed by atoms with van der Waals surface area (Å²) in [7, 11) is 0. The number of halogens is 2. The molecule has 0 saturated heterocycles. The topological polar surface area (TPSA) is 40.9 Å². The Labute approximate surface area is 127 Å². The number of carbonyl (C=O) groups is 1. The van der Waals surface area contributed by atoms with Crippen LogP contribution in [-0.4, -0.2) is 5.78 Å². The molecule has 0 aliphatic heterocycles. The first-order valence-corrected chi connectivity index (χ1v) is 6.74. The maximum absolute atomic E-state index is 12.4. The molecule has 2 nitrogen and oxygen atoms in total. The highest BCUT2D eigenvalue weighted by Crippen LogP contribution is 2.28. The van der Waals surface area contributed by atoms with Gasteiger partial charge in [-0.15, -0.1) is 0 Å². The summed E-state index contributed by atoms with van der Waals surface area (Å²) < 4.78 is 0. The van der Waals surface area contributed by atoms with E-state index < -0.39 is 5.92 Å². The quantitative estimate of drug-likeness (QED) is 0.765. The molecule has 0 aliphatic rings. The Kier molecular flexibility index (Phi) is 4.44. The molecule has 0 bridgehead atoms. The van der Waals surface area contributed by atoms with Gasteiger partial charge < -0.3 is 0 Å². The van der Waals surface area contributed by atoms with Gasteiger partial charge in [-0.3, -0.25) is 4.79 Å². The van der Waals surface area contributed by atoms with Crippen molar-refractivity contribution in [2.75, 3.05) is 0 Å². The van der Waals surface area contributed by atoms with Crippen molar-refractivity contribution >= 4 is 29.0 Å². The lowest BCUT2D eigenvalue weighted by molar-refractivity contribution is 0.0979. The molecule has 0 fully saturated rings. The average molecular weight is 304 g/mol. The summed E-state index contributed by atoms with van der Waals surface area (Å²) in [6.45, 7) is 1.90. The third kappa shape index (κ3) is 3.01. The molecule has 1 atom stereocenters. The van der Waals surface area contributed by atoms with Crippen LogP contribution in [0.25, 0.3) is 0 Å². The van der Waals surface area contributed by atoms with Crippen LogP contribution in [0.5, 0.6) is 0 Å². The molecule has 1 unspecified atom stereocenters. The Morgan fingerprint density at radius 1 is 1.15 bits per heavy atom. The van der Waals surface area contributed by atoms with E-state index in [0.29, 0.717) is 21.2 Å². The van der Waals surface area contributed by atoms with Gasteiger partial charge in [0.2, 0.25) is 0 Å². The fourth-order valence-corrected chi connectivity index (χ4v) is 2.25. The molecule has 100 valence electrons. The SMILES string of the molecule is Cc1cccc(C(=O)C(C#N)c2ccc(Cl)c(Cl)c2)c1. The van der Waals surface area contributed by atoms with E-state index >= 15 is 0 Å². The van der Waals surface area contributed by atoms with Crippen LogP contribution in [0.15, 0.2) is 42.5 Å². The summed E-state index contributed by atoms with van der Waals surface area (Å²) >= 11 is 11.8. The molecule has 2 aromatic rings. The molecule has 0 heterocycles. The van der Waals surface area contributed by atoms with Crippen molar-refractivity contribution in [3.8, 4) is 6.07 Å². The van der Waals surface area contributed by atoms with Gasteiger partial charge in [-0.1, -0.05) is 53.0 Å². The highest BCUT2D eigenvalue weighted by atomic mass is 35.5. The van der Waals surface area contributed by atoms with Gasteiger partial charge >= 0.3 is 0 Å². The second kappa shape index (κ2) is 6.09. The second-order valence-corrected chi connectivity index (χ2v) is 5.28. The standard InChI is InChI=1S/C16H11Cl2NO/c1-10-3-2-4-12(7-10)16(20)13(9-19)11-5-6-14(17)15(18)8-11/h2-8,13H,1H3. The van der Waals surface area contributed by atoms with E-state index in [1.807, 2.05) is 19.1 Å². The third-order valence-corrected chi connectivity index (χ3v) is 3.71. The Morgan fingerprint density at radius 2 is 1.90 bits per heavy atom. The van der Waals surface area contributed by atoms with Gasteiger partial charge in [-0.25, -0.2) is 0 Å². The molecule has 0 amide bonds. The summed E-state index contributed by atoms with van der Waals surface area (Å²) in [5.74, 6) is -1.12.